The molecular formula is C29H28N4O2. The first-order chi connectivity index (χ1) is 17.3. The number of carbonyl (C=O) groups is 1. The smallest absolute Gasteiger partial charge is 0.407 e. The highest BCUT2D eigenvalue weighted by Crippen LogP contribution is 2.31. The van der Waals surface area contributed by atoms with Gasteiger partial charge in [0.2, 0.25) is 0 Å². The molecule has 6 heteroatoms. The highest BCUT2D eigenvalue weighted by molar-refractivity contribution is 5.78. The van der Waals surface area contributed by atoms with Gasteiger partial charge >= 0.3 is 6.09 Å². The molecular weight excluding hydrogens is 436 g/mol. The van der Waals surface area contributed by atoms with E-state index in [-0.39, 0.29) is 18.7 Å². The van der Waals surface area contributed by atoms with Crippen LogP contribution >= 0.6 is 0 Å². The van der Waals surface area contributed by atoms with Gasteiger partial charge < -0.3 is 15.0 Å². The molecule has 0 saturated carbocycles. The summed E-state index contributed by atoms with van der Waals surface area (Å²) in [5, 5.41) is 3.01. The summed E-state index contributed by atoms with van der Waals surface area (Å²) < 4.78 is 5.38. The Bertz CT molecular complexity index is 1240. The number of nitrogens with one attached hydrogen (secondary N) is 1. The molecule has 0 spiro atoms. The van der Waals surface area contributed by atoms with E-state index in [0.717, 1.165) is 59.8 Å². The summed E-state index contributed by atoms with van der Waals surface area (Å²) >= 11 is 0. The SMILES string of the molecule is O=C(NC1CCN(c2cnc(-c3ccccc3)c(-c3ccccc3)n2)CC1)OCc1ccccc1. The lowest BCUT2D eigenvalue weighted by atomic mass is 10.0. The molecule has 6 nitrogen and oxygen atoms in total. The normalized spacial score (nSPS) is 13.9. The van der Waals surface area contributed by atoms with Crippen LogP contribution in [-0.4, -0.2) is 35.2 Å². The molecule has 1 aromatic heterocycles. The van der Waals surface area contributed by atoms with Crippen molar-refractivity contribution in [3.63, 3.8) is 0 Å². The van der Waals surface area contributed by atoms with E-state index in [4.69, 9.17) is 14.7 Å². The number of anilines is 1. The van der Waals surface area contributed by atoms with Crippen LogP contribution in [0.5, 0.6) is 0 Å². The van der Waals surface area contributed by atoms with Crippen LogP contribution in [0.1, 0.15) is 18.4 Å². The lowest BCUT2D eigenvalue weighted by Gasteiger charge is -2.33. The van der Waals surface area contributed by atoms with E-state index in [1.165, 1.54) is 0 Å². The fourth-order valence-electron chi connectivity index (χ4n) is 4.32. The molecule has 5 rings (SSSR count). The number of alkyl carbamates (subject to hydrolysis) is 1. The van der Waals surface area contributed by atoms with Gasteiger partial charge in [-0.25, -0.2) is 9.78 Å². The summed E-state index contributed by atoms with van der Waals surface area (Å²) in [6, 6.07) is 30.1. The van der Waals surface area contributed by atoms with Crippen molar-refractivity contribution < 1.29 is 9.53 Å². The monoisotopic (exact) mass is 464 g/mol. The van der Waals surface area contributed by atoms with Gasteiger partial charge in [0, 0.05) is 30.3 Å². The molecule has 2 heterocycles. The number of piperidine rings is 1. The Morgan fingerprint density at radius 2 is 1.40 bits per heavy atom. The second kappa shape index (κ2) is 10.8. The van der Waals surface area contributed by atoms with E-state index >= 15 is 0 Å². The zero-order chi connectivity index (χ0) is 23.9. The molecule has 1 N–H and O–H groups in total. The molecule has 1 fully saturated rings. The topological polar surface area (TPSA) is 67.4 Å². The molecule has 35 heavy (non-hydrogen) atoms. The molecule has 0 radical (unpaired) electrons. The fourth-order valence-corrected chi connectivity index (χ4v) is 4.32. The second-order valence-electron chi connectivity index (χ2n) is 8.62. The number of hydrogen-bond acceptors (Lipinski definition) is 5. The van der Waals surface area contributed by atoms with Crippen molar-refractivity contribution >= 4 is 11.9 Å². The van der Waals surface area contributed by atoms with Crippen molar-refractivity contribution in [3.05, 3.63) is 103 Å². The summed E-state index contributed by atoms with van der Waals surface area (Å²) in [5.74, 6) is 0.855. The molecule has 4 aromatic rings. The third-order valence-electron chi connectivity index (χ3n) is 6.21. The van der Waals surface area contributed by atoms with Crippen LogP contribution in [-0.2, 0) is 11.3 Å². The van der Waals surface area contributed by atoms with Crippen molar-refractivity contribution in [2.45, 2.75) is 25.5 Å². The first kappa shape index (κ1) is 22.6. The third-order valence-corrected chi connectivity index (χ3v) is 6.21. The Balaban J connectivity index is 1.24. The van der Waals surface area contributed by atoms with E-state index in [1.54, 1.807) is 0 Å². The largest absolute Gasteiger partial charge is 0.445 e. The molecule has 1 saturated heterocycles. The number of carbonyl (C=O) groups excluding carboxylic acids is 1. The summed E-state index contributed by atoms with van der Waals surface area (Å²) in [6.45, 7) is 1.85. The van der Waals surface area contributed by atoms with Gasteiger partial charge in [0.25, 0.3) is 0 Å². The van der Waals surface area contributed by atoms with Crippen molar-refractivity contribution in [1.29, 1.82) is 0 Å². The predicted octanol–water partition coefficient (Wildman–Crippen LogP) is 5.71. The van der Waals surface area contributed by atoms with Crippen LogP contribution in [0, 0.1) is 0 Å². The highest BCUT2D eigenvalue weighted by atomic mass is 16.5. The van der Waals surface area contributed by atoms with Gasteiger partial charge in [0.05, 0.1) is 17.6 Å². The van der Waals surface area contributed by atoms with Crippen LogP contribution < -0.4 is 10.2 Å². The number of ether oxygens (including phenoxy) is 1. The summed E-state index contributed by atoms with van der Waals surface area (Å²) in [4.78, 5) is 24.3. The van der Waals surface area contributed by atoms with Crippen molar-refractivity contribution in [3.8, 4) is 22.5 Å². The molecule has 1 aliphatic heterocycles. The molecule has 176 valence electrons. The third kappa shape index (κ3) is 5.66. The first-order valence-corrected chi connectivity index (χ1v) is 12.0. The minimum absolute atomic E-state index is 0.0830. The molecule has 0 unspecified atom stereocenters. The van der Waals surface area contributed by atoms with E-state index in [9.17, 15) is 4.79 Å². The van der Waals surface area contributed by atoms with Crippen LogP contribution in [0.15, 0.2) is 97.2 Å². The summed E-state index contributed by atoms with van der Waals surface area (Å²) in [5.41, 5.74) is 4.81. The van der Waals surface area contributed by atoms with Gasteiger partial charge in [0.1, 0.15) is 12.4 Å². The minimum Gasteiger partial charge on any atom is -0.445 e. The molecule has 0 aliphatic carbocycles. The van der Waals surface area contributed by atoms with Gasteiger partial charge in [-0.05, 0) is 18.4 Å². The fraction of sp³-hybridized carbons (Fsp3) is 0.207. The van der Waals surface area contributed by atoms with Crippen LogP contribution in [0.25, 0.3) is 22.5 Å². The first-order valence-electron chi connectivity index (χ1n) is 12.0. The maximum absolute atomic E-state index is 12.2. The van der Waals surface area contributed by atoms with E-state index in [1.807, 2.05) is 72.9 Å². The van der Waals surface area contributed by atoms with Crippen LogP contribution in [0.2, 0.25) is 0 Å². The van der Waals surface area contributed by atoms with Crippen molar-refractivity contribution in [2.24, 2.45) is 0 Å². The number of amides is 1. The zero-order valence-electron chi connectivity index (χ0n) is 19.5. The van der Waals surface area contributed by atoms with Gasteiger partial charge in [-0.1, -0.05) is 91.0 Å². The lowest BCUT2D eigenvalue weighted by molar-refractivity contribution is 0.134. The van der Waals surface area contributed by atoms with Gasteiger partial charge in [-0.2, -0.15) is 0 Å². The maximum atomic E-state index is 12.2. The van der Waals surface area contributed by atoms with Gasteiger partial charge in [0.15, 0.2) is 0 Å². The van der Waals surface area contributed by atoms with Gasteiger partial charge in [-0.15, -0.1) is 0 Å². The van der Waals surface area contributed by atoms with Gasteiger partial charge in [-0.3, -0.25) is 4.98 Å². The lowest BCUT2D eigenvalue weighted by Crippen LogP contribution is -2.45. The quantitative estimate of drug-likeness (QED) is 0.396. The van der Waals surface area contributed by atoms with Crippen molar-refractivity contribution in [1.82, 2.24) is 15.3 Å². The Hall–Kier alpha value is -4.19. The number of benzene rings is 3. The second-order valence-corrected chi connectivity index (χ2v) is 8.62. The minimum atomic E-state index is -0.370. The Morgan fingerprint density at radius 1 is 0.829 bits per heavy atom. The van der Waals surface area contributed by atoms with Crippen LogP contribution in [0.4, 0.5) is 10.6 Å². The zero-order valence-corrected chi connectivity index (χ0v) is 19.5. The number of hydrogen-bond donors (Lipinski definition) is 1. The summed E-state index contributed by atoms with van der Waals surface area (Å²) in [7, 11) is 0. The Labute approximate surface area is 205 Å². The van der Waals surface area contributed by atoms with Crippen LogP contribution in [0.3, 0.4) is 0 Å². The van der Waals surface area contributed by atoms with Crippen molar-refractivity contribution in [2.75, 3.05) is 18.0 Å². The molecule has 0 atom stereocenters. The average Bonchev–Trinajstić information content (AvgIpc) is 2.93. The Kier molecular flexibility index (Phi) is 6.99. The van der Waals surface area contributed by atoms with E-state index < -0.39 is 0 Å². The number of nitrogens with zero attached hydrogens (tertiary/aromatic N) is 3. The molecule has 1 amide bonds. The standard InChI is InChI=1S/C29H28N4O2/c34-29(35-21-22-10-4-1-5-11-22)31-25-16-18-33(19-17-25)26-20-30-27(23-12-6-2-7-13-23)28(32-26)24-14-8-3-9-15-24/h1-15,20,25H,16-19,21H2,(H,31,34). The molecule has 3 aromatic carbocycles. The number of aromatic nitrogens is 2. The molecule has 0 bridgehead atoms. The summed E-state index contributed by atoms with van der Waals surface area (Å²) in [6.07, 6.45) is 3.13. The predicted molar refractivity (Wildman–Crippen MR) is 138 cm³/mol. The highest BCUT2D eigenvalue weighted by Gasteiger charge is 2.23. The maximum Gasteiger partial charge on any atom is 0.407 e. The van der Waals surface area contributed by atoms with E-state index in [2.05, 4.69) is 34.5 Å². The molecule has 1 aliphatic rings. The average molecular weight is 465 g/mol. The van der Waals surface area contributed by atoms with E-state index in [0.29, 0.717) is 0 Å². The Morgan fingerprint density at radius 3 is 2.03 bits per heavy atom. The number of rotatable bonds is 6.